The molecule has 2 rings (SSSR count). The van der Waals surface area contributed by atoms with Gasteiger partial charge in [-0.2, -0.15) is 5.26 Å². The number of anilines is 1. The second kappa shape index (κ2) is 8.51. The third-order valence-electron chi connectivity index (χ3n) is 2.86. The Morgan fingerprint density at radius 2 is 2.14 bits per heavy atom. The van der Waals surface area contributed by atoms with E-state index < -0.39 is 0 Å². The molecule has 1 aromatic carbocycles. The Hall–Kier alpha value is -1.91. The van der Waals surface area contributed by atoms with Crippen molar-refractivity contribution < 1.29 is 4.79 Å². The highest BCUT2D eigenvalue weighted by Gasteiger charge is 2.08. The minimum atomic E-state index is -0.0124. The first-order chi connectivity index (χ1) is 10.7. The summed E-state index contributed by atoms with van der Waals surface area (Å²) < 4.78 is 0.815. The zero-order valence-electron chi connectivity index (χ0n) is 12.2. The van der Waals surface area contributed by atoms with Crippen molar-refractivity contribution >= 4 is 34.1 Å². The molecule has 0 radical (unpaired) electrons. The van der Waals surface area contributed by atoms with Gasteiger partial charge in [0.25, 0.3) is 0 Å². The number of amides is 1. The predicted octanol–water partition coefficient (Wildman–Crippen LogP) is 3.83. The highest BCUT2D eigenvalue weighted by Crippen LogP contribution is 2.28. The molecule has 0 fully saturated rings. The summed E-state index contributed by atoms with van der Waals surface area (Å²) in [6.07, 6.45) is 2.39. The van der Waals surface area contributed by atoms with Crippen LogP contribution in [0.5, 0.6) is 0 Å². The minimum absolute atomic E-state index is 0.0124. The summed E-state index contributed by atoms with van der Waals surface area (Å²) in [6, 6.07) is 9.56. The van der Waals surface area contributed by atoms with Gasteiger partial charge in [0.05, 0.1) is 11.6 Å². The Bertz CT molecular complexity index is 661. The fourth-order valence-electron chi connectivity index (χ4n) is 1.66. The number of benzene rings is 1. The summed E-state index contributed by atoms with van der Waals surface area (Å²) in [4.78, 5) is 11.6. The van der Waals surface area contributed by atoms with E-state index in [1.807, 2.05) is 12.1 Å². The number of unbranched alkanes of at least 4 members (excludes halogenated alkanes) is 1. The largest absolute Gasteiger partial charge is 0.301 e. The molecule has 0 saturated carbocycles. The Labute approximate surface area is 137 Å². The van der Waals surface area contributed by atoms with Gasteiger partial charge in [0.15, 0.2) is 4.34 Å². The monoisotopic (exact) mass is 332 g/mol. The molecule has 2 aromatic rings. The van der Waals surface area contributed by atoms with E-state index in [0.717, 1.165) is 28.5 Å². The molecule has 0 bridgehead atoms. The highest BCUT2D eigenvalue weighted by atomic mass is 32.2. The van der Waals surface area contributed by atoms with Crippen molar-refractivity contribution in [3.8, 4) is 6.07 Å². The Morgan fingerprint density at radius 1 is 1.36 bits per heavy atom. The second-order valence-electron chi connectivity index (χ2n) is 4.62. The van der Waals surface area contributed by atoms with Crippen LogP contribution in [0.2, 0.25) is 0 Å². The van der Waals surface area contributed by atoms with Crippen molar-refractivity contribution in [1.29, 1.82) is 5.26 Å². The quantitative estimate of drug-likeness (QED) is 0.616. The fourth-order valence-corrected chi connectivity index (χ4v) is 3.38. The number of thioether (sulfide) groups is 1. The topological polar surface area (TPSA) is 78.7 Å². The average Bonchev–Trinajstić information content (AvgIpc) is 2.99. The number of nitrogens with zero attached hydrogens (tertiary/aromatic N) is 3. The Kier molecular flexibility index (Phi) is 6.37. The minimum Gasteiger partial charge on any atom is -0.301 e. The van der Waals surface area contributed by atoms with Gasteiger partial charge in [-0.05, 0) is 24.1 Å². The van der Waals surface area contributed by atoms with Crippen LogP contribution >= 0.6 is 23.1 Å². The summed E-state index contributed by atoms with van der Waals surface area (Å²) in [6.45, 7) is 2.05. The van der Waals surface area contributed by atoms with E-state index >= 15 is 0 Å². The molecule has 0 atom stereocenters. The van der Waals surface area contributed by atoms with Gasteiger partial charge >= 0.3 is 0 Å². The normalized spacial score (nSPS) is 10.2. The Balaban J connectivity index is 1.83. The molecule has 1 N–H and O–H groups in total. The number of carbonyl (C=O) groups excluding carboxylic acids is 1. The van der Waals surface area contributed by atoms with Crippen LogP contribution < -0.4 is 5.32 Å². The summed E-state index contributed by atoms with van der Waals surface area (Å²) in [5.74, 6) is 0.742. The fraction of sp³-hybridized carbons (Fsp3) is 0.333. The van der Waals surface area contributed by atoms with Crippen LogP contribution in [0, 0.1) is 11.3 Å². The first-order valence-corrected chi connectivity index (χ1v) is 8.76. The number of aromatic nitrogens is 2. The third kappa shape index (κ3) is 5.13. The molecule has 0 spiro atoms. The van der Waals surface area contributed by atoms with Crippen LogP contribution in [0.25, 0.3) is 0 Å². The first-order valence-electron chi connectivity index (χ1n) is 6.96. The van der Waals surface area contributed by atoms with E-state index in [1.165, 1.54) is 11.3 Å². The maximum Gasteiger partial charge on any atom is 0.226 e. The lowest BCUT2D eigenvalue weighted by molar-refractivity contribution is -0.116. The van der Waals surface area contributed by atoms with Gasteiger partial charge in [0.2, 0.25) is 11.0 Å². The van der Waals surface area contributed by atoms with Gasteiger partial charge in [-0.15, -0.1) is 10.2 Å². The molecule has 22 heavy (non-hydrogen) atoms. The van der Waals surface area contributed by atoms with Crippen molar-refractivity contribution in [3.63, 3.8) is 0 Å². The molecule has 5 nitrogen and oxygen atoms in total. The smallest absolute Gasteiger partial charge is 0.226 e. The van der Waals surface area contributed by atoms with E-state index in [2.05, 4.69) is 28.5 Å². The standard InChI is InChI=1S/C15H16N4OS2/c1-2-3-4-13(20)17-14-18-19-15(22-14)21-10-12-7-5-11(9-16)6-8-12/h5-8H,2-4,10H2,1H3,(H,17,18,20). The lowest BCUT2D eigenvalue weighted by Crippen LogP contribution is -2.10. The summed E-state index contributed by atoms with van der Waals surface area (Å²) in [5.41, 5.74) is 1.77. The molecule has 1 aromatic heterocycles. The SMILES string of the molecule is CCCCC(=O)Nc1nnc(SCc2ccc(C#N)cc2)s1. The zero-order chi connectivity index (χ0) is 15.8. The molecule has 0 saturated heterocycles. The lowest BCUT2D eigenvalue weighted by atomic mass is 10.2. The molecule has 0 aliphatic carbocycles. The van der Waals surface area contributed by atoms with E-state index in [0.29, 0.717) is 17.1 Å². The molecule has 1 heterocycles. The van der Waals surface area contributed by atoms with Crippen LogP contribution in [0.1, 0.15) is 37.3 Å². The van der Waals surface area contributed by atoms with E-state index in [4.69, 9.17) is 5.26 Å². The maximum absolute atomic E-state index is 11.6. The molecule has 1 amide bonds. The number of hydrogen-bond acceptors (Lipinski definition) is 6. The maximum atomic E-state index is 11.6. The van der Waals surface area contributed by atoms with E-state index in [-0.39, 0.29) is 5.91 Å². The number of rotatable bonds is 7. The van der Waals surface area contributed by atoms with Gasteiger partial charge in [0, 0.05) is 12.2 Å². The summed E-state index contributed by atoms with van der Waals surface area (Å²) in [5, 5.41) is 20.1. The van der Waals surface area contributed by atoms with E-state index in [1.54, 1.807) is 23.9 Å². The molecule has 114 valence electrons. The molecular weight excluding hydrogens is 316 g/mol. The van der Waals surface area contributed by atoms with Crippen molar-refractivity contribution in [3.05, 3.63) is 35.4 Å². The molecular formula is C15H16N4OS2. The van der Waals surface area contributed by atoms with Gasteiger partial charge in [0.1, 0.15) is 0 Å². The molecule has 7 heteroatoms. The van der Waals surface area contributed by atoms with Crippen LogP contribution in [0.15, 0.2) is 28.6 Å². The third-order valence-corrected chi connectivity index (χ3v) is 4.90. The molecule has 0 unspecified atom stereocenters. The first kappa shape index (κ1) is 16.5. The lowest BCUT2D eigenvalue weighted by Gasteiger charge is -1.99. The molecule has 0 aliphatic rings. The number of carbonyl (C=O) groups is 1. The zero-order valence-corrected chi connectivity index (χ0v) is 13.8. The second-order valence-corrected chi connectivity index (χ2v) is 6.82. The van der Waals surface area contributed by atoms with Crippen molar-refractivity contribution in [1.82, 2.24) is 10.2 Å². The summed E-state index contributed by atoms with van der Waals surface area (Å²) >= 11 is 2.94. The predicted molar refractivity (Wildman–Crippen MR) is 88.8 cm³/mol. The average molecular weight is 332 g/mol. The van der Waals surface area contributed by atoms with Gasteiger partial charge in [-0.1, -0.05) is 48.6 Å². The van der Waals surface area contributed by atoms with Gasteiger partial charge in [-0.3, -0.25) is 4.79 Å². The van der Waals surface area contributed by atoms with Crippen molar-refractivity contribution in [2.75, 3.05) is 5.32 Å². The number of nitrogens with one attached hydrogen (secondary N) is 1. The van der Waals surface area contributed by atoms with Crippen molar-refractivity contribution in [2.24, 2.45) is 0 Å². The number of nitriles is 1. The van der Waals surface area contributed by atoms with Gasteiger partial charge in [-0.25, -0.2) is 0 Å². The van der Waals surface area contributed by atoms with Crippen LogP contribution in [-0.2, 0) is 10.5 Å². The summed E-state index contributed by atoms with van der Waals surface area (Å²) in [7, 11) is 0. The van der Waals surface area contributed by atoms with E-state index in [9.17, 15) is 4.79 Å². The Morgan fingerprint density at radius 3 is 2.82 bits per heavy atom. The highest BCUT2D eigenvalue weighted by molar-refractivity contribution is 8.00. The van der Waals surface area contributed by atoms with Gasteiger partial charge < -0.3 is 5.32 Å². The number of hydrogen-bond donors (Lipinski definition) is 1. The van der Waals surface area contributed by atoms with Crippen LogP contribution in [-0.4, -0.2) is 16.1 Å². The molecule has 0 aliphatic heterocycles. The van der Waals surface area contributed by atoms with Crippen LogP contribution in [0.3, 0.4) is 0 Å². The van der Waals surface area contributed by atoms with Crippen molar-refractivity contribution in [2.45, 2.75) is 36.3 Å². The van der Waals surface area contributed by atoms with Crippen LogP contribution in [0.4, 0.5) is 5.13 Å².